The number of rotatable bonds is 2. The number of nitrogens with two attached hydrogens (primary N) is 1. The minimum absolute atomic E-state index is 0.237. The van der Waals surface area contributed by atoms with Gasteiger partial charge in [0, 0.05) is 18.4 Å². The first-order valence-electron chi connectivity index (χ1n) is 6.93. The summed E-state index contributed by atoms with van der Waals surface area (Å²) in [7, 11) is 0. The van der Waals surface area contributed by atoms with Crippen molar-refractivity contribution in [2.75, 3.05) is 0 Å². The molecule has 0 aliphatic heterocycles. The molecule has 5 unspecified atom stereocenters. The predicted molar refractivity (Wildman–Crippen MR) is 67.2 cm³/mol. The molecule has 0 radical (unpaired) electrons. The first-order valence-corrected chi connectivity index (χ1v) is 6.93. The molecule has 1 aromatic heterocycles. The topological polar surface area (TPSA) is 38.9 Å². The van der Waals surface area contributed by atoms with E-state index in [1.165, 1.54) is 30.4 Å². The summed E-state index contributed by atoms with van der Waals surface area (Å²) < 4.78 is 0. The summed E-state index contributed by atoms with van der Waals surface area (Å²) in [5.74, 6) is 4.72. The van der Waals surface area contributed by atoms with Crippen molar-refractivity contribution in [3.05, 3.63) is 29.6 Å². The third kappa shape index (κ3) is 1.33. The van der Waals surface area contributed by atoms with Crippen LogP contribution in [0.5, 0.6) is 0 Å². The quantitative estimate of drug-likeness (QED) is 0.845. The van der Waals surface area contributed by atoms with Crippen LogP contribution in [0.25, 0.3) is 0 Å². The maximum absolute atomic E-state index is 6.47. The van der Waals surface area contributed by atoms with E-state index in [1.54, 1.807) is 0 Å². The molecular weight excluding hydrogens is 208 g/mol. The van der Waals surface area contributed by atoms with Crippen LogP contribution in [0.3, 0.4) is 0 Å². The van der Waals surface area contributed by atoms with Crippen LogP contribution in [0.1, 0.15) is 36.4 Å². The first kappa shape index (κ1) is 10.1. The van der Waals surface area contributed by atoms with Crippen molar-refractivity contribution in [1.29, 1.82) is 0 Å². The molecule has 3 fully saturated rings. The Morgan fingerprint density at radius 2 is 1.94 bits per heavy atom. The fourth-order valence-corrected chi connectivity index (χ4v) is 4.86. The maximum atomic E-state index is 6.47. The summed E-state index contributed by atoms with van der Waals surface area (Å²) in [5, 5.41) is 0. The summed E-state index contributed by atoms with van der Waals surface area (Å²) in [6, 6.07) is 2.45. The zero-order valence-electron chi connectivity index (χ0n) is 10.3. The highest BCUT2D eigenvalue weighted by Gasteiger charge is 2.66. The average molecular weight is 228 g/mol. The van der Waals surface area contributed by atoms with Crippen molar-refractivity contribution in [2.45, 2.75) is 32.2 Å². The Balaban J connectivity index is 1.58. The zero-order chi connectivity index (χ0) is 11.6. The lowest BCUT2D eigenvalue weighted by atomic mass is 9.94. The molecule has 90 valence electrons. The van der Waals surface area contributed by atoms with Gasteiger partial charge < -0.3 is 5.73 Å². The smallest absolute Gasteiger partial charge is 0.0344 e. The Labute approximate surface area is 103 Å². The standard InChI is InChI=1S/C15H20N2/c1-8-4-11(7-17-6-8)15(16)14-12-9-2-3-10(5-9)13(12)14/h4,6-7,9-10,12-15H,2-3,5,16H2,1H3. The van der Waals surface area contributed by atoms with Crippen LogP contribution in [0.2, 0.25) is 0 Å². The Hall–Kier alpha value is -0.890. The van der Waals surface area contributed by atoms with Gasteiger partial charge in [0.1, 0.15) is 0 Å². The number of fused-ring (bicyclic) bond motifs is 5. The van der Waals surface area contributed by atoms with Crippen LogP contribution >= 0.6 is 0 Å². The van der Waals surface area contributed by atoms with Gasteiger partial charge in [0.15, 0.2) is 0 Å². The van der Waals surface area contributed by atoms with Crippen molar-refractivity contribution < 1.29 is 0 Å². The minimum Gasteiger partial charge on any atom is -0.324 e. The average Bonchev–Trinajstić information content (AvgIpc) is 2.76. The molecule has 2 bridgehead atoms. The SMILES string of the molecule is Cc1cncc(C(N)C2C3C4CCC(C4)C32)c1. The summed E-state index contributed by atoms with van der Waals surface area (Å²) in [6.45, 7) is 2.10. The lowest BCUT2D eigenvalue weighted by molar-refractivity contribution is 0.417. The molecular formula is C15H20N2. The molecule has 3 saturated carbocycles. The molecule has 3 aliphatic carbocycles. The Kier molecular flexibility index (Phi) is 1.97. The number of nitrogens with zero attached hydrogens (tertiary/aromatic N) is 1. The molecule has 0 spiro atoms. The molecule has 2 heteroatoms. The summed E-state index contributed by atoms with van der Waals surface area (Å²) >= 11 is 0. The Morgan fingerprint density at radius 1 is 1.24 bits per heavy atom. The number of pyridine rings is 1. The van der Waals surface area contributed by atoms with Crippen molar-refractivity contribution in [3.8, 4) is 0 Å². The van der Waals surface area contributed by atoms with Crippen LogP contribution in [-0.2, 0) is 0 Å². The highest BCUT2D eigenvalue weighted by atomic mass is 14.8. The normalized spacial score (nSPS) is 43.5. The van der Waals surface area contributed by atoms with E-state index < -0.39 is 0 Å². The van der Waals surface area contributed by atoms with E-state index >= 15 is 0 Å². The third-order valence-electron chi connectivity index (χ3n) is 5.49. The molecule has 2 N–H and O–H groups in total. The van der Waals surface area contributed by atoms with Crippen LogP contribution in [0.4, 0.5) is 0 Å². The minimum atomic E-state index is 0.237. The van der Waals surface area contributed by atoms with E-state index in [-0.39, 0.29) is 6.04 Å². The van der Waals surface area contributed by atoms with E-state index in [1.807, 2.05) is 12.4 Å². The van der Waals surface area contributed by atoms with Crippen LogP contribution in [-0.4, -0.2) is 4.98 Å². The Morgan fingerprint density at radius 3 is 2.59 bits per heavy atom. The molecule has 0 amide bonds. The molecule has 0 saturated heterocycles. The predicted octanol–water partition coefficient (Wildman–Crippen LogP) is 2.68. The van der Waals surface area contributed by atoms with Gasteiger partial charge in [-0.1, -0.05) is 6.07 Å². The van der Waals surface area contributed by atoms with Crippen LogP contribution < -0.4 is 5.73 Å². The van der Waals surface area contributed by atoms with Gasteiger partial charge in [-0.25, -0.2) is 0 Å². The lowest BCUT2D eigenvalue weighted by Crippen LogP contribution is -2.17. The highest BCUT2D eigenvalue weighted by Crippen LogP contribution is 2.71. The van der Waals surface area contributed by atoms with Gasteiger partial charge in [-0.05, 0) is 66.9 Å². The molecule has 1 aromatic rings. The van der Waals surface area contributed by atoms with Gasteiger partial charge in [0.2, 0.25) is 0 Å². The molecule has 1 heterocycles. The van der Waals surface area contributed by atoms with E-state index in [0.717, 1.165) is 29.6 Å². The number of aryl methyl sites for hydroxylation is 1. The van der Waals surface area contributed by atoms with Crippen LogP contribution in [0, 0.1) is 36.5 Å². The second kappa shape index (κ2) is 3.32. The van der Waals surface area contributed by atoms with Gasteiger partial charge in [-0.15, -0.1) is 0 Å². The molecule has 0 aromatic carbocycles. The van der Waals surface area contributed by atoms with E-state index in [0.29, 0.717) is 0 Å². The van der Waals surface area contributed by atoms with Gasteiger partial charge >= 0.3 is 0 Å². The molecule has 5 atom stereocenters. The number of hydrogen-bond acceptors (Lipinski definition) is 2. The van der Waals surface area contributed by atoms with Crippen molar-refractivity contribution in [1.82, 2.24) is 4.98 Å². The largest absolute Gasteiger partial charge is 0.324 e. The summed E-state index contributed by atoms with van der Waals surface area (Å²) in [4.78, 5) is 4.28. The van der Waals surface area contributed by atoms with Gasteiger partial charge in [0.25, 0.3) is 0 Å². The summed E-state index contributed by atoms with van der Waals surface area (Å²) in [6.07, 6.45) is 8.33. The lowest BCUT2D eigenvalue weighted by Gasteiger charge is -2.16. The number of hydrogen-bond donors (Lipinski definition) is 1. The molecule has 2 nitrogen and oxygen atoms in total. The fraction of sp³-hybridized carbons (Fsp3) is 0.667. The molecule has 3 aliphatic rings. The van der Waals surface area contributed by atoms with Gasteiger partial charge in [-0.3, -0.25) is 4.98 Å². The van der Waals surface area contributed by atoms with Crippen molar-refractivity contribution in [2.24, 2.45) is 35.3 Å². The van der Waals surface area contributed by atoms with Gasteiger partial charge in [-0.2, -0.15) is 0 Å². The second-order valence-corrected chi connectivity index (χ2v) is 6.39. The zero-order valence-corrected chi connectivity index (χ0v) is 10.3. The highest BCUT2D eigenvalue weighted by molar-refractivity contribution is 5.26. The molecule has 4 rings (SSSR count). The first-order chi connectivity index (χ1) is 8.25. The van der Waals surface area contributed by atoms with Crippen molar-refractivity contribution in [3.63, 3.8) is 0 Å². The third-order valence-corrected chi connectivity index (χ3v) is 5.49. The maximum Gasteiger partial charge on any atom is 0.0344 e. The number of aromatic nitrogens is 1. The van der Waals surface area contributed by atoms with Gasteiger partial charge in [0.05, 0.1) is 0 Å². The van der Waals surface area contributed by atoms with Crippen molar-refractivity contribution >= 4 is 0 Å². The van der Waals surface area contributed by atoms with Crippen LogP contribution in [0.15, 0.2) is 18.5 Å². The second-order valence-electron chi connectivity index (χ2n) is 6.39. The van der Waals surface area contributed by atoms with E-state index in [9.17, 15) is 0 Å². The molecule has 17 heavy (non-hydrogen) atoms. The van der Waals surface area contributed by atoms with E-state index in [4.69, 9.17) is 5.73 Å². The monoisotopic (exact) mass is 228 g/mol. The fourth-order valence-electron chi connectivity index (χ4n) is 4.86. The van der Waals surface area contributed by atoms with E-state index in [2.05, 4.69) is 18.0 Å². The summed E-state index contributed by atoms with van der Waals surface area (Å²) in [5.41, 5.74) is 8.95. The Bertz CT molecular complexity index is 440.